The van der Waals surface area contributed by atoms with Crippen molar-refractivity contribution in [2.75, 3.05) is 51.5 Å². The minimum atomic E-state index is -0.485. The summed E-state index contributed by atoms with van der Waals surface area (Å²) in [6.07, 6.45) is 1.72. The van der Waals surface area contributed by atoms with Crippen molar-refractivity contribution in [3.05, 3.63) is 78.9 Å². The number of carbonyl (C=O) groups is 1. The molecule has 2 aliphatic rings. The largest absolute Gasteiger partial charge is 0.489 e. The molecule has 3 aromatic rings. The van der Waals surface area contributed by atoms with Gasteiger partial charge in [-0.3, -0.25) is 14.6 Å². The minimum absolute atomic E-state index is 0.0923. The van der Waals surface area contributed by atoms with Gasteiger partial charge in [-0.15, -0.1) is 0 Å². The van der Waals surface area contributed by atoms with Crippen LogP contribution in [0.2, 0.25) is 0 Å². The summed E-state index contributed by atoms with van der Waals surface area (Å²) in [5.41, 5.74) is 3.35. The number of ether oxygens (including phenoxy) is 3. The molecular formula is C29H32N2O4. The SMILES string of the molecule is COCCOc1ccccc1N(C(=O)C1(N2CCOCC2)CC1)c1ccc(-c2ccccc2)cc1. The van der Waals surface area contributed by atoms with Gasteiger partial charge in [0.2, 0.25) is 0 Å². The van der Waals surface area contributed by atoms with Crippen molar-refractivity contribution in [2.24, 2.45) is 0 Å². The molecule has 0 aromatic heterocycles. The molecule has 182 valence electrons. The third-order valence-corrected chi connectivity index (χ3v) is 6.83. The van der Waals surface area contributed by atoms with Gasteiger partial charge < -0.3 is 14.2 Å². The lowest BCUT2D eigenvalue weighted by atomic mass is 10.0. The number of hydrogen-bond acceptors (Lipinski definition) is 5. The zero-order valence-corrected chi connectivity index (χ0v) is 20.2. The Bertz CT molecular complexity index is 1120. The van der Waals surface area contributed by atoms with Gasteiger partial charge in [0.05, 0.1) is 25.5 Å². The van der Waals surface area contributed by atoms with Crippen LogP contribution in [0.1, 0.15) is 12.8 Å². The summed E-state index contributed by atoms with van der Waals surface area (Å²) in [7, 11) is 1.65. The van der Waals surface area contributed by atoms with Gasteiger partial charge in [0.15, 0.2) is 0 Å². The molecule has 1 amide bonds. The van der Waals surface area contributed by atoms with E-state index in [0.29, 0.717) is 32.2 Å². The molecule has 1 saturated heterocycles. The minimum Gasteiger partial charge on any atom is -0.489 e. The van der Waals surface area contributed by atoms with Gasteiger partial charge in [-0.1, -0.05) is 54.6 Å². The van der Waals surface area contributed by atoms with Crippen molar-refractivity contribution >= 4 is 17.3 Å². The number of nitrogens with zero attached hydrogens (tertiary/aromatic N) is 2. The molecule has 6 nitrogen and oxygen atoms in total. The van der Waals surface area contributed by atoms with Gasteiger partial charge in [0.25, 0.3) is 5.91 Å². The summed E-state index contributed by atoms with van der Waals surface area (Å²) in [5.74, 6) is 0.762. The first-order valence-electron chi connectivity index (χ1n) is 12.3. The fourth-order valence-corrected chi connectivity index (χ4v) is 4.78. The smallest absolute Gasteiger partial charge is 0.252 e. The number of anilines is 2. The van der Waals surface area contributed by atoms with E-state index in [4.69, 9.17) is 14.2 Å². The van der Waals surface area contributed by atoms with Crippen LogP contribution >= 0.6 is 0 Å². The molecule has 0 radical (unpaired) electrons. The van der Waals surface area contributed by atoms with Crippen molar-refractivity contribution in [1.82, 2.24) is 4.90 Å². The average Bonchev–Trinajstić information content (AvgIpc) is 3.74. The standard InChI is InChI=1S/C29H32N2O4/c1-33-21-22-35-27-10-6-5-9-26(27)31(28(32)29(15-16-29)30-17-19-34-20-18-30)25-13-11-24(12-14-25)23-7-3-2-4-8-23/h2-14H,15-22H2,1H3. The van der Waals surface area contributed by atoms with Crippen LogP contribution in [0, 0.1) is 0 Å². The van der Waals surface area contributed by atoms with Crippen molar-refractivity contribution in [2.45, 2.75) is 18.4 Å². The third-order valence-electron chi connectivity index (χ3n) is 6.83. The zero-order valence-electron chi connectivity index (χ0n) is 20.2. The second-order valence-electron chi connectivity index (χ2n) is 8.99. The summed E-state index contributed by atoms with van der Waals surface area (Å²) < 4.78 is 16.8. The molecule has 0 spiro atoms. The van der Waals surface area contributed by atoms with Crippen LogP contribution in [0.4, 0.5) is 11.4 Å². The second-order valence-corrected chi connectivity index (χ2v) is 8.99. The molecule has 1 heterocycles. The quantitative estimate of drug-likeness (QED) is 0.414. The highest BCUT2D eigenvalue weighted by atomic mass is 16.5. The van der Waals surface area contributed by atoms with Gasteiger partial charge in [0.1, 0.15) is 17.9 Å². The summed E-state index contributed by atoms with van der Waals surface area (Å²) in [6, 6.07) is 26.2. The molecule has 35 heavy (non-hydrogen) atoms. The topological polar surface area (TPSA) is 51.2 Å². The molecule has 5 rings (SSSR count). The maximum atomic E-state index is 14.3. The molecule has 0 N–H and O–H groups in total. The highest BCUT2D eigenvalue weighted by Gasteiger charge is 2.56. The summed E-state index contributed by atoms with van der Waals surface area (Å²) in [6.45, 7) is 3.77. The Morgan fingerprint density at radius 3 is 2.23 bits per heavy atom. The number of carbonyl (C=O) groups excluding carboxylic acids is 1. The van der Waals surface area contributed by atoms with Crippen LogP contribution in [0.3, 0.4) is 0 Å². The van der Waals surface area contributed by atoms with E-state index in [2.05, 4.69) is 29.2 Å². The Morgan fingerprint density at radius 2 is 1.54 bits per heavy atom. The fraction of sp³-hybridized carbons (Fsp3) is 0.345. The number of rotatable bonds is 9. The predicted molar refractivity (Wildman–Crippen MR) is 137 cm³/mol. The van der Waals surface area contributed by atoms with E-state index in [1.54, 1.807) is 7.11 Å². The molecular weight excluding hydrogens is 440 g/mol. The summed E-state index contributed by atoms with van der Waals surface area (Å²) in [4.78, 5) is 18.5. The first-order chi connectivity index (χ1) is 17.2. The van der Waals surface area contributed by atoms with Gasteiger partial charge in [-0.05, 0) is 48.2 Å². The summed E-state index contributed by atoms with van der Waals surface area (Å²) in [5, 5.41) is 0. The molecule has 3 aromatic carbocycles. The van der Waals surface area contributed by atoms with Crippen LogP contribution in [-0.4, -0.2) is 63.0 Å². The van der Waals surface area contributed by atoms with Crippen molar-refractivity contribution in [3.63, 3.8) is 0 Å². The van der Waals surface area contributed by atoms with E-state index < -0.39 is 5.54 Å². The van der Waals surface area contributed by atoms with Crippen molar-refractivity contribution in [3.8, 4) is 16.9 Å². The Morgan fingerprint density at radius 1 is 0.886 bits per heavy atom. The first-order valence-corrected chi connectivity index (χ1v) is 12.3. The monoisotopic (exact) mass is 472 g/mol. The van der Waals surface area contributed by atoms with Crippen LogP contribution in [0.25, 0.3) is 11.1 Å². The Labute approximate surface area is 207 Å². The van der Waals surface area contributed by atoms with Crippen molar-refractivity contribution in [1.29, 1.82) is 0 Å². The van der Waals surface area contributed by atoms with E-state index in [1.807, 2.05) is 59.5 Å². The number of amides is 1. The maximum Gasteiger partial charge on any atom is 0.252 e. The summed E-state index contributed by atoms with van der Waals surface area (Å²) >= 11 is 0. The zero-order chi connectivity index (χ0) is 24.1. The highest BCUT2D eigenvalue weighted by molar-refractivity contribution is 6.08. The Kier molecular flexibility index (Phi) is 7.13. The van der Waals surface area contributed by atoms with E-state index in [1.165, 1.54) is 0 Å². The van der Waals surface area contributed by atoms with Gasteiger partial charge in [-0.2, -0.15) is 0 Å². The van der Waals surface area contributed by atoms with Crippen LogP contribution in [-0.2, 0) is 14.3 Å². The van der Waals surface area contributed by atoms with Crippen LogP contribution < -0.4 is 9.64 Å². The number of methoxy groups -OCH3 is 1. The third kappa shape index (κ3) is 4.96. The van der Waals surface area contributed by atoms with Crippen LogP contribution in [0.15, 0.2) is 78.9 Å². The number of hydrogen-bond donors (Lipinski definition) is 0. The van der Waals surface area contributed by atoms with E-state index in [0.717, 1.165) is 48.4 Å². The van der Waals surface area contributed by atoms with E-state index >= 15 is 0 Å². The predicted octanol–water partition coefficient (Wildman–Crippen LogP) is 4.91. The molecule has 0 bridgehead atoms. The van der Waals surface area contributed by atoms with E-state index in [-0.39, 0.29) is 5.91 Å². The molecule has 1 saturated carbocycles. The Hall–Kier alpha value is -3.19. The van der Waals surface area contributed by atoms with Crippen LogP contribution in [0.5, 0.6) is 5.75 Å². The van der Waals surface area contributed by atoms with Gasteiger partial charge in [0, 0.05) is 25.9 Å². The number of para-hydroxylation sites is 2. The number of morpholine rings is 1. The lowest BCUT2D eigenvalue weighted by Crippen LogP contribution is -2.53. The van der Waals surface area contributed by atoms with E-state index in [9.17, 15) is 4.79 Å². The molecule has 1 aliphatic heterocycles. The lowest BCUT2D eigenvalue weighted by molar-refractivity contribution is -0.126. The number of benzene rings is 3. The first kappa shape index (κ1) is 23.5. The fourth-order valence-electron chi connectivity index (χ4n) is 4.78. The Balaban J connectivity index is 1.52. The lowest BCUT2D eigenvalue weighted by Gasteiger charge is -2.37. The molecule has 0 unspecified atom stereocenters. The second kappa shape index (κ2) is 10.6. The van der Waals surface area contributed by atoms with Gasteiger partial charge in [-0.25, -0.2) is 0 Å². The molecule has 1 aliphatic carbocycles. The normalized spacial score (nSPS) is 17.1. The molecule has 6 heteroatoms. The molecule has 0 atom stereocenters. The maximum absolute atomic E-state index is 14.3. The average molecular weight is 473 g/mol. The van der Waals surface area contributed by atoms with Gasteiger partial charge >= 0.3 is 0 Å². The van der Waals surface area contributed by atoms with Crippen molar-refractivity contribution < 1.29 is 19.0 Å². The molecule has 2 fully saturated rings. The highest BCUT2D eigenvalue weighted by Crippen LogP contribution is 2.47.